The van der Waals surface area contributed by atoms with Crippen LogP contribution in [0.25, 0.3) is 5.69 Å². The van der Waals surface area contributed by atoms with Gasteiger partial charge in [0.25, 0.3) is 0 Å². The molecule has 3 aromatic rings. The predicted octanol–water partition coefficient (Wildman–Crippen LogP) is 4.53. The molecule has 2 amide bonds. The molecule has 1 atom stereocenters. The molecular formula is C30H36N4O5S. The number of carbonyl (C=O) groups excluding carboxylic acids is 2. The third-order valence-corrected chi connectivity index (χ3v) is 8.18. The zero-order chi connectivity index (χ0) is 28.4. The second kappa shape index (κ2) is 11.5. The summed E-state index contributed by atoms with van der Waals surface area (Å²) in [6.07, 6.45) is 0.693. The van der Waals surface area contributed by atoms with Crippen molar-refractivity contribution in [1.82, 2.24) is 15.1 Å². The number of rotatable bonds is 8. The number of aromatic nitrogens is 2. The van der Waals surface area contributed by atoms with E-state index < -0.39 is 0 Å². The average Bonchev–Trinajstić information content (AvgIpc) is 3.52. The van der Waals surface area contributed by atoms with E-state index in [9.17, 15) is 9.59 Å². The molecule has 1 N–H and O–H groups in total. The molecular weight excluding hydrogens is 528 g/mol. The molecule has 0 saturated carbocycles. The first kappa shape index (κ1) is 28.0. The lowest BCUT2D eigenvalue weighted by molar-refractivity contribution is -0.122. The fourth-order valence-corrected chi connectivity index (χ4v) is 6.11. The van der Waals surface area contributed by atoms with Crippen molar-refractivity contribution in [3.05, 3.63) is 64.8 Å². The zero-order valence-electron chi connectivity index (χ0n) is 23.7. The fraction of sp³-hybridized carbons (Fsp3) is 0.433. The molecule has 2 aromatic carbocycles. The Kier molecular flexibility index (Phi) is 8.09. The molecule has 0 bridgehead atoms. The van der Waals surface area contributed by atoms with E-state index in [1.54, 1.807) is 23.8 Å². The molecule has 0 unspecified atom stereocenters. The van der Waals surface area contributed by atoms with Crippen molar-refractivity contribution in [1.29, 1.82) is 0 Å². The smallest absolute Gasteiger partial charge is 0.240 e. The van der Waals surface area contributed by atoms with E-state index in [-0.39, 0.29) is 41.6 Å². The number of aryl methyl sites for hydroxylation is 1. The van der Waals surface area contributed by atoms with Gasteiger partial charge in [0.05, 0.1) is 22.4 Å². The fourth-order valence-electron chi connectivity index (χ4n) is 4.92. The maximum atomic E-state index is 13.8. The van der Waals surface area contributed by atoms with E-state index >= 15 is 0 Å². The van der Waals surface area contributed by atoms with E-state index in [1.807, 2.05) is 54.1 Å². The van der Waals surface area contributed by atoms with Gasteiger partial charge in [-0.15, -0.1) is 11.8 Å². The first-order chi connectivity index (χ1) is 19.2. The van der Waals surface area contributed by atoms with Gasteiger partial charge in [-0.25, -0.2) is 4.68 Å². The van der Waals surface area contributed by atoms with Crippen molar-refractivity contribution < 1.29 is 23.8 Å². The molecule has 0 fully saturated rings. The summed E-state index contributed by atoms with van der Waals surface area (Å²) in [6, 6.07) is 14.0. The molecule has 0 spiro atoms. The normalized spacial score (nSPS) is 16.6. The Bertz CT molecular complexity index is 1400. The summed E-state index contributed by atoms with van der Waals surface area (Å²) >= 11 is 1.54. The highest BCUT2D eigenvalue weighted by Gasteiger charge is 2.40. The third kappa shape index (κ3) is 5.69. The Hall–Kier alpha value is -3.50. The number of anilines is 1. The second-order valence-electron chi connectivity index (χ2n) is 11.1. The topological polar surface area (TPSA) is 94.9 Å². The summed E-state index contributed by atoms with van der Waals surface area (Å²) in [6.45, 7) is 9.50. The Labute approximate surface area is 239 Å². The van der Waals surface area contributed by atoms with Crippen LogP contribution in [-0.4, -0.2) is 60.9 Å². The standard InChI is InChI=1S/C30H36N4O5S/c1-19-7-10-21(11-8-19)34-29-26(28(32-34)30(2,3)4)27(20-9-12-22-23(15-20)39-18-38-22)40-17-25(36)33(29)16-24(35)31-13-6-14-37-5/h7-12,15,27H,6,13-14,16-18H2,1-5H3,(H,31,35)/t27-/m1/s1. The molecule has 3 heterocycles. The number of nitrogens with zero attached hydrogens (tertiary/aromatic N) is 3. The maximum absolute atomic E-state index is 13.8. The van der Waals surface area contributed by atoms with E-state index in [1.165, 1.54) is 0 Å². The molecule has 1 aromatic heterocycles. The van der Waals surface area contributed by atoms with Crippen molar-refractivity contribution in [3.63, 3.8) is 0 Å². The largest absolute Gasteiger partial charge is 0.454 e. The van der Waals surface area contributed by atoms with E-state index in [0.717, 1.165) is 28.1 Å². The molecule has 9 nitrogen and oxygen atoms in total. The molecule has 0 saturated heterocycles. The van der Waals surface area contributed by atoms with Gasteiger partial charge in [-0.2, -0.15) is 5.10 Å². The van der Waals surface area contributed by atoms with Crippen LogP contribution in [0.1, 0.15) is 54.8 Å². The maximum Gasteiger partial charge on any atom is 0.240 e. The summed E-state index contributed by atoms with van der Waals surface area (Å²) in [7, 11) is 1.63. The van der Waals surface area contributed by atoms with Gasteiger partial charge >= 0.3 is 0 Å². The molecule has 0 radical (unpaired) electrons. The molecule has 212 valence electrons. The number of fused-ring (bicyclic) bond motifs is 2. The highest BCUT2D eigenvalue weighted by molar-refractivity contribution is 8.00. The van der Waals surface area contributed by atoms with Crippen LogP contribution >= 0.6 is 11.8 Å². The lowest BCUT2D eigenvalue weighted by atomic mass is 9.87. The second-order valence-corrected chi connectivity index (χ2v) is 12.2. The van der Waals surface area contributed by atoms with Gasteiger partial charge < -0.3 is 19.5 Å². The highest BCUT2D eigenvalue weighted by Crippen LogP contribution is 2.49. The minimum absolute atomic E-state index is 0.103. The van der Waals surface area contributed by atoms with Crippen molar-refractivity contribution in [2.45, 2.75) is 44.8 Å². The van der Waals surface area contributed by atoms with E-state index in [4.69, 9.17) is 19.3 Å². The van der Waals surface area contributed by atoms with Gasteiger partial charge in [0.1, 0.15) is 12.4 Å². The van der Waals surface area contributed by atoms with Crippen molar-refractivity contribution in [2.24, 2.45) is 0 Å². The van der Waals surface area contributed by atoms with Gasteiger partial charge in [-0.1, -0.05) is 44.5 Å². The van der Waals surface area contributed by atoms with E-state index in [0.29, 0.717) is 36.9 Å². The number of carbonyl (C=O) groups is 2. The summed E-state index contributed by atoms with van der Waals surface area (Å²) < 4.78 is 18.2. The van der Waals surface area contributed by atoms with Crippen LogP contribution in [0, 0.1) is 6.92 Å². The Morgan fingerprint density at radius 1 is 1.15 bits per heavy atom. The van der Waals surface area contributed by atoms with Crippen LogP contribution in [0.5, 0.6) is 11.5 Å². The van der Waals surface area contributed by atoms with Crippen LogP contribution in [-0.2, 0) is 19.7 Å². The number of hydrogen-bond donors (Lipinski definition) is 1. The summed E-state index contributed by atoms with van der Waals surface area (Å²) in [4.78, 5) is 28.5. The number of nitrogens with one attached hydrogen (secondary N) is 1. The first-order valence-electron chi connectivity index (χ1n) is 13.4. The molecule has 2 aliphatic rings. The monoisotopic (exact) mass is 564 g/mol. The average molecular weight is 565 g/mol. The number of hydrogen-bond acceptors (Lipinski definition) is 7. The van der Waals surface area contributed by atoms with Crippen molar-refractivity contribution in [3.8, 4) is 17.2 Å². The number of amides is 2. The molecule has 5 rings (SSSR count). The van der Waals surface area contributed by atoms with Crippen LogP contribution < -0.4 is 19.7 Å². The Morgan fingerprint density at radius 2 is 1.90 bits per heavy atom. The highest BCUT2D eigenvalue weighted by atomic mass is 32.2. The minimum Gasteiger partial charge on any atom is -0.454 e. The van der Waals surface area contributed by atoms with Crippen LogP contribution in [0.15, 0.2) is 42.5 Å². The van der Waals surface area contributed by atoms with Crippen LogP contribution in [0.4, 0.5) is 5.82 Å². The number of ether oxygens (including phenoxy) is 3. The van der Waals surface area contributed by atoms with E-state index in [2.05, 4.69) is 26.1 Å². The zero-order valence-corrected chi connectivity index (χ0v) is 24.5. The predicted molar refractivity (Wildman–Crippen MR) is 156 cm³/mol. The van der Waals surface area contributed by atoms with Gasteiger partial charge in [-0.3, -0.25) is 14.5 Å². The van der Waals surface area contributed by atoms with Crippen molar-refractivity contribution in [2.75, 3.05) is 44.3 Å². The number of thioether (sulfide) groups is 1. The Morgan fingerprint density at radius 3 is 2.62 bits per heavy atom. The van der Waals surface area contributed by atoms with Crippen molar-refractivity contribution >= 4 is 29.4 Å². The number of methoxy groups -OCH3 is 1. The Balaban J connectivity index is 1.66. The third-order valence-electron chi connectivity index (χ3n) is 6.93. The summed E-state index contributed by atoms with van der Waals surface area (Å²) in [5.41, 5.74) is 4.40. The van der Waals surface area contributed by atoms with Crippen LogP contribution in [0.2, 0.25) is 0 Å². The van der Waals surface area contributed by atoms with Gasteiger partial charge in [0, 0.05) is 31.2 Å². The summed E-state index contributed by atoms with van der Waals surface area (Å²) in [5.74, 6) is 1.86. The molecule has 2 aliphatic heterocycles. The first-order valence-corrected chi connectivity index (χ1v) is 14.5. The molecule has 40 heavy (non-hydrogen) atoms. The minimum atomic E-state index is -0.337. The quantitative estimate of drug-likeness (QED) is 0.402. The molecule has 0 aliphatic carbocycles. The lowest BCUT2D eigenvalue weighted by Crippen LogP contribution is -2.42. The SMILES string of the molecule is COCCCNC(=O)CN1C(=O)CS[C@H](c2ccc3c(c2)OCO3)c2c(C(C)(C)C)nn(-c3ccc(C)cc3)c21. The van der Waals surface area contributed by atoms with Gasteiger partial charge in [0.15, 0.2) is 11.5 Å². The van der Waals surface area contributed by atoms with Gasteiger partial charge in [-0.05, 0) is 43.2 Å². The number of benzene rings is 2. The van der Waals surface area contributed by atoms with Crippen LogP contribution in [0.3, 0.4) is 0 Å². The summed E-state index contributed by atoms with van der Waals surface area (Å²) in [5, 5.41) is 7.86. The molecule has 10 heteroatoms. The van der Waals surface area contributed by atoms with Gasteiger partial charge in [0.2, 0.25) is 18.6 Å². The lowest BCUT2D eigenvalue weighted by Gasteiger charge is -2.24.